The van der Waals surface area contributed by atoms with Crippen LogP contribution >= 0.6 is 0 Å². The molecule has 1 atom stereocenters. The number of hydrogen-bond donors (Lipinski definition) is 0. The van der Waals surface area contributed by atoms with Crippen LogP contribution in [-0.2, 0) is 11.3 Å². The molecule has 1 fully saturated rings. The summed E-state index contributed by atoms with van der Waals surface area (Å²) in [4.78, 5) is 12.3. The van der Waals surface area contributed by atoms with Crippen LogP contribution in [0, 0.1) is 5.92 Å². The number of Topliss-reactive ketones (excluding diaryl/α,β-unsaturated/α-hetero) is 1. The van der Waals surface area contributed by atoms with Crippen molar-refractivity contribution >= 4 is 5.78 Å². The smallest absolute Gasteiger partial charge is 0.211 e. The summed E-state index contributed by atoms with van der Waals surface area (Å²) in [6.45, 7) is 5.27. The standard InChI is InChI=1S/C12H19N3O2/c1-3-7-15-10(8-13-14-15)11(16)12(17-4-2)9-5-6-9/h8-9,12H,3-7H2,1-2H3. The van der Waals surface area contributed by atoms with Crippen molar-refractivity contribution in [2.24, 2.45) is 5.92 Å². The van der Waals surface area contributed by atoms with Gasteiger partial charge in [0.05, 0.1) is 6.20 Å². The minimum atomic E-state index is -0.297. The quantitative estimate of drug-likeness (QED) is 0.677. The van der Waals surface area contributed by atoms with Gasteiger partial charge in [-0.05, 0) is 32.1 Å². The van der Waals surface area contributed by atoms with Crippen LogP contribution in [0.1, 0.15) is 43.6 Å². The Morgan fingerprint density at radius 1 is 1.59 bits per heavy atom. The molecule has 17 heavy (non-hydrogen) atoms. The number of ether oxygens (including phenoxy) is 1. The topological polar surface area (TPSA) is 57.0 Å². The fourth-order valence-corrected chi connectivity index (χ4v) is 1.98. The first-order valence-electron chi connectivity index (χ1n) is 6.32. The van der Waals surface area contributed by atoms with E-state index in [1.54, 1.807) is 10.9 Å². The molecule has 0 spiro atoms. The zero-order valence-corrected chi connectivity index (χ0v) is 10.4. The zero-order chi connectivity index (χ0) is 12.3. The number of hydrogen-bond acceptors (Lipinski definition) is 4. The van der Waals surface area contributed by atoms with Crippen LogP contribution in [0.2, 0.25) is 0 Å². The molecule has 1 unspecified atom stereocenters. The van der Waals surface area contributed by atoms with Gasteiger partial charge in [-0.1, -0.05) is 12.1 Å². The van der Waals surface area contributed by atoms with E-state index in [1.807, 2.05) is 6.92 Å². The molecule has 0 N–H and O–H groups in total. The third kappa shape index (κ3) is 2.72. The Kier molecular flexibility index (Phi) is 3.89. The van der Waals surface area contributed by atoms with E-state index in [0.29, 0.717) is 18.2 Å². The van der Waals surface area contributed by atoms with Crippen LogP contribution in [0.15, 0.2) is 6.20 Å². The Hall–Kier alpha value is -1.23. The van der Waals surface area contributed by atoms with Gasteiger partial charge in [0, 0.05) is 13.2 Å². The molecule has 0 aliphatic heterocycles. The lowest BCUT2D eigenvalue weighted by molar-refractivity contribution is 0.0365. The Morgan fingerprint density at radius 3 is 2.94 bits per heavy atom. The molecular formula is C12H19N3O2. The maximum absolute atomic E-state index is 12.3. The average molecular weight is 237 g/mol. The van der Waals surface area contributed by atoms with Gasteiger partial charge in [-0.25, -0.2) is 4.68 Å². The van der Waals surface area contributed by atoms with Crippen molar-refractivity contribution in [2.45, 2.75) is 45.8 Å². The summed E-state index contributed by atoms with van der Waals surface area (Å²) in [6, 6.07) is 0. The molecule has 94 valence electrons. The number of carbonyl (C=O) groups is 1. The molecule has 1 heterocycles. The second-order valence-corrected chi connectivity index (χ2v) is 4.42. The molecule has 1 aromatic rings. The molecule has 0 aromatic carbocycles. The summed E-state index contributed by atoms with van der Waals surface area (Å²) in [5.74, 6) is 0.431. The second-order valence-electron chi connectivity index (χ2n) is 4.42. The van der Waals surface area contributed by atoms with Crippen molar-refractivity contribution in [3.63, 3.8) is 0 Å². The molecule has 0 saturated heterocycles. The van der Waals surface area contributed by atoms with E-state index in [0.717, 1.165) is 25.8 Å². The first-order chi connectivity index (χ1) is 8.27. The van der Waals surface area contributed by atoms with E-state index >= 15 is 0 Å². The van der Waals surface area contributed by atoms with Gasteiger partial charge >= 0.3 is 0 Å². The summed E-state index contributed by atoms with van der Waals surface area (Å²) in [7, 11) is 0. The third-order valence-corrected chi connectivity index (χ3v) is 2.96. The van der Waals surface area contributed by atoms with Crippen molar-refractivity contribution < 1.29 is 9.53 Å². The van der Waals surface area contributed by atoms with Crippen molar-refractivity contribution in [3.05, 3.63) is 11.9 Å². The van der Waals surface area contributed by atoms with Gasteiger partial charge in [-0.2, -0.15) is 0 Å². The van der Waals surface area contributed by atoms with Gasteiger partial charge in [-0.3, -0.25) is 4.79 Å². The molecule has 0 bridgehead atoms. The largest absolute Gasteiger partial charge is 0.370 e. The Balaban J connectivity index is 2.13. The van der Waals surface area contributed by atoms with Crippen LogP contribution in [0.4, 0.5) is 0 Å². The fourth-order valence-electron chi connectivity index (χ4n) is 1.98. The predicted molar refractivity (Wildman–Crippen MR) is 62.8 cm³/mol. The minimum Gasteiger partial charge on any atom is -0.370 e. The Bertz CT molecular complexity index is 385. The van der Waals surface area contributed by atoms with Crippen LogP contribution < -0.4 is 0 Å². The highest BCUT2D eigenvalue weighted by Gasteiger charge is 2.38. The van der Waals surface area contributed by atoms with E-state index < -0.39 is 0 Å². The summed E-state index contributed by atoms with van der Waals surface area (Å²) in [6.07, 6.45) is 4.37. The maximum atomic E-state index is 12.3. The van der Waals surface area contributed by atoms with Crippen molar-refractivity contribution in [1.29, 1.82) is 0 Å². The van der Waals surface area contributed by atoms with E-state index in [-0.39, 0.29) is 11.9 Å². The number of ketones is 1. The normalized spacial score (nSPS) is 17.1. The minimum absolute atomic E-state index is 0.0350. The first-order valence-corrected chi connectivity index (χ1v) is 6.32. The lowest BCUT2D eigenvalue weighted by atomic mass is 10.1. The molecular weight excluding hydrogens is 218 g/mol. The van der Waals surface area contributed by atoms with Crippen LogP contribution in [0.5, 0.6) is 0 Å². The van der Waals surface area contributed by atoms with Gasteiger partial charge in [0.25, 0.3) is 0 Å². The average Bonchev–Trinajstić information content (AvgIpc) is 3.06. The molecule has 2 rings (SSSR count). The van der Waals surface area contributed by atoms with Crippen LogP contribution in [-0.4, -0.2) is 33.5 Å². The molecule has 1 aliphatic rings. The van der Waals surface area contributed by atoms with Gasteiger partial charge in [0.1, 0.15) is 11.8 Å². The third-order valence-electron chi connectivity index (χ3n) is 2.96. The monoisotopic (exact) mass is 237 g/mol. The number of rotatable bonds is 7. The molecule has 0 radical (unpaired) electrons. The maximum Gasteiger partial charge on any atom is 0.211 e. The molecule has 5 heteroatoms. The molecule has 1 aromatic heterocycles. The number of aryl methyl sites for hydroxylation is 1. The van der Waals surface area contributed by atoms with Gasteiger partial charge < -0.3 is 4.74 Å². The lowest BCUT2D eigenvalue weighted by Gasteiger charge is -2.15. The van der Waals surface area contributed by atoms with Crippen molar-refractivity contribution in [2.75, 3.05) is 6.61 Å². The summed E-state index contributed by atoms with van der Waals surface area (Å²) in [5, 5.41) is 7.76. The summed E-state index contributed by atoms with van der Waals surface area (Å²) < 4.78 is 7.24. The number of nitrogens with zero attached hydrogens (tertiary/aromatic N) is 3. The van der Waals surface area contributed by atoms with Crippen molar-refractivity contribution in [1.82, 2.24) is 15.0 Å². The van der Waals surface area contributed by atoms with E-state index in [1.165, 1.54) is 0 Å². The molecule has 1 saturated carbocycles. The first kappa shape index (κ1) is 12.2. The molecule has 0 amide bonds. The van der Waals surface area contributed by atoms with Gasteiger partial charge in [0.15, 0.2) is 0 Å². The number of carbonyl (C=O) groups excluding carboxylic acids is 1. The SMILES string of the molecule is CCCn1nncc1C(=O)C(OCC)C1CC1. The van der Waals surface area contributed by atoms with Crippen molar-refractivity contribution in [3.8, 4) is 0 Å². The Labute approximate surface area is 101 Å². The lowest BCUT2D eigenvalue weighted by Crippen LogP contribution is -2.29. The van der Waals surface area contributed by atoms with Crippen LogP contribution in [0.25, 0.3) is 0 Å². The highest BCUT2D eigenvalue weighted by atomic mass is 16.5. The highest BCUT2D eigenvalue weighted by molar-refractivity contribution is 5.98. The predicted octanol–water partition coefficient (Wildman–Crippen LogP) is 1.69. The van der Waals surface area contributed by atoms with E-state index in [4.69, 9.17) is 4.74 Å². The summed E-state index contributed by atoms with van der Waals surface area (Å²) >= 11 is 0. The molecule has 5 nitrogen and oxygen atoms in total. The second kappa shape index (κ2) is 5.40. The number of aromatic nitrogens is 3. The zero-order valence-electron chi connectivity index (χ0n) is 10.4. The Morgan fingerprint density at radius 2 is 2.35 bits per heavy atom. The van der Waals surface area contributed by atoms with Gasteiger partial charge in [-0.15, -0.1) is 5.10 Å². The highest BCUT2D eigenvalue weighted by Crippen LogP contribution is 2.35. The van der Waals surface area contributed by atoms with E-state index in [9.17, 15) is 4.79 Å². The van der Waals surface area contributed by atoms with Crippen LogP contribution in [0.3, 0.4) is 0 Å². The summed E-state index contributed by atoms with van der Waals surface area (Å²) in [5.41, 5.74) is 0.581. The molecule has 1 aliphatic carbocycles. The van der Waals surface area contributed by atoms with E-state index in [2.05, 4.69) is 17.2 Å². The van der Waals surface area contributed by atoms with Gasteiger partial charge in [0.2, 0.25) is 5.78 Å². The fraction of sp³-hybridized carbons (Fsp3) is 0.750.